The van der Waals surface area contributed by atoms with Crippen molar-refractivity contribution in [2.45, 2.75) is 6.61 Å². The van der Waals surface area contributed by atoms with E-state index in [0.29, 0.717) is 6.61 Å². The molecule has 0 bridgehead atoms. The third-order valence-electron chi connectivity index (χ3n) is 4.30. The molecule has 0 aliphatic heterocycles. The van der Waals surface area contributed by atoms with Gasteiger partial charge >= 0.3 is 0 Å². The van der Waals surface area contributed by atoms with Crippen LogP contribution in [-0.2, 0) is 6.61 Å². The molecule has 4 nitrogen and oxygen atoms in total. The Labute approximate surface area is 151 Å². The Morgan fingerprint density at radius 2 is 1.62 bits per heavy atom. The van der Waals surface area contributed by atoms with E-state index < -0.39 is 0 Å². The van der Waals surface area contributed by atoms with Crippen molar-refractivity contribution >= 4 is 17.1 Å². The lowest BCUT2D eigenvalue weighted by molar-refractivity contribution is 0.306. The highest BCUT2D eigenvalue weighted by Gasteiger charge is 2.08. The third-order valence-corrected chi connectivity index (χ3v) is 4.30. The Morgan fingerprint density at radius 1 is 0.885 bits per heavy atom. The van der Waals surface area contributed by atoms with E-state index in [2.05, 4.69) is 9.72 Å². The van der Waals surface area contributed by atoms with Gasteiger partial charge in [-0.3, -0.25) is 0 Å². The van der Waals surface area contributed by atoms with Crippen molar-refractivity contribution in [2.75, 3.05) is 0 Å². The van der Waals surface area contributed by atoms with Gasteiger partial charge in [0.2, 0.25) is 0 Å². The van der Waals surface area contributed by atoms with Crippen LogP contribution in [0.25, 0.3) is 16.6 Å². The van der Waals surface area contributed by atoms with Gasteiger partial charge in [-0.2, -0.15) is 0 Å². The van der Waals surface area contributed by atoms with E-state index in [4.69, 9.17) is 9.94 Å². The summed E-state index contributed by atoms with van der Waals surface area (Å²) >= 11 is 0. The van der Waals surface area contributed by atoms with Crippen molar-refractivity contribution in [3.05, 3.63) is 96.2 Å². The number of rotatable bonds is 5. The number of nitrogens with zero attached hydrogens (tertiary/aromatic N) is 2. The van der Waals surface area contributed by atoms with E-state index in [9.17, 15) is 0 Å². The summed E-state index contributed by atoms with van der Waals surface area (Å²) in [6, 6.07) is 26.1. The van der Waals surface area contributed by atoms with Crippen molar-refractivity contribution in [3.8, 4) is 11.4 Å². The summed E-state index contributed by atoms with van der Waals surface area (Å²) in [5.74, 6) is 0.825. The first-order chi connectivity index (χ1) is 12.8. The number of ether oxygens (including phenoxy) is 1. The second kappa shape index (κ2) is 7.15. The van der Waals surface area contributed by atoms with Crippen LogP contribution in [0.1, 0.15) is 11.1 Å². The predicted octanol–water partition coefficient (Wildman–Crippen LogP) is 5.02. The number of fused-ring (bicyclic) bond motifs is 1. The molecule has 26 heavy (non-hydrogen) atoms. The monoisotopic (exact) mass is 342 g/mol. The van der Waals surface area contributed by atoms with Crippen LogP contribution >= 0.6 is 0 Å². The van der Waals surface area contributed by atoms with E-state index in [1.54, 1.807) is 0 Å². The van der Waals surface area contributed by atoms with Crippen molar-refractivity contribution in [1.29, 1.82) is 0 Å². The molecule has 0 aliphatic carbocycles. The Kier molecular flexibility index (Phi) is 4.39. The van der Waals surface area contributed by atoms with Crippen LogP contribution in [0.15, 0.2) is 90.2 Å². The SMILES string of the molecule is ON=Cc1cn(-c2ccc(OCc3ccccc3)cc2)c2ccccc12. The fourth-order valence-electron chi connectivity index (χ4n) is 3.03. The van der Waals surface area contributed by atoms with Crippen LogP contribution in [0.5, 0.6) is 5.75 Å². The Morgan fingerprint density at radius 3 is 2.38 bits per heavy atom. The fraction of sp³-hybridized carbons (Fsp3) is 0.0455. The maximum Gasteiger partial charge on any atom is 0.119 e. The first-order valence-corrected chi connectivity index (χ1v) is 8.40. The summed E-state index contributed by atoms with van der Waals surface area (Å²) in [5.41, 5.74) is 4.08. The van der Waals surface area contributed by atoms with Gasteiger partial charge in [0.1, 0.15) is 12.4 Å². The first-order valence-electron chi connectivity index (χ1n) is 8.40. The number of hydrogen-bond acceptors (Lipinski definition) is 3. The summed E-state index contributed by atoms with van der Waals surface area (Å²) in [5, 5.41) is 13.1. The van der Waals surface area contributed by atoms with Crippen LogP contribution in [0.4, 0.5) is 0 Å². The van der Waals surface area contributed by atoms with Crippen molar-refractivity contribution in [1.82, 2.24) is 4.57 Å². The zero-order valence-corrected chi connectivity index (χ0v) is 14.1. The molecule has 1 N–H and O–H groups in total. The van der Waals surface area contributed by atoms with Gasteiger partial charge in [0.25, 0.3) is 0 Å². The summed E-state index contributed by atoms with van der Waals surface area (Å²) < 4.78 is 7.93. The van der Waals surface area contributed by atoms with Crippen LogP contribution in [0.3, 0.4) is 0 Å². The Balaban J connectivity index is 1.60. The second-order valence-electron chi connectivity index (χ2n) is 5.98. The van der Waals surface area contributed by atoms with E-state index >= 15 is 0 Å². The quantitative estimate of drug-likeness (QED) is 0.314. The lowest BCUT2D eigenvalue weighted by Gasteiger charge is -2.09. The highest BCUT2D eigenvalue weighted by atomic mass is 16.5. The smallest absolute Gasteiger partial charge is 0.119 e. The van der Waals surface area contributed by atoms with Gasteiger partial charge < -0.3 is 14.5 Å². The third kappa shape index (κ3) is 3.17. The van der Waals surface area contributed by atoms with Crippen LogP contribution in [-0.4, -0.2) is 16.0 Å². The standard InChI is InChI=1S/C22H18N2O2/c25-23-14-18-15-24(22-9-5-4-8-21(18)22)19-10-12-20(13-11-19)26-16-17-6-2-1-3-7-17/h1-15,25H,16H2. The zero-order chi connectivity index (χ0) is 17.8. The maximum absolute atomic E-state index is 8.89. The van der Waals surface area contributed by atoms with E-state index in [0.717, 1.165) is 33.5 Å². The minimum absolute atomic E-state index is 0.545. The average molecular weight is 342 g/mol. The van der Waals surface area contributed by atoms with Gasteiger partial charge in [-0.15, -0.1) is 0 Å². The second-order valence-corrected chi connectivity index (χ2v) is 5.98. The number of aromatic nitrogens is 1. The van der Waals surface area contributed by atoms with Gasteiger partial charge in [0.15, 0.2) is 0 Å². The van der Waals surface area contributed by atoms with Gasteiger partial charge in [-0.1, -0.05) is 53.7 Å². The highest BCUT2D eigenvalue weighted by Crippen LogP contribution is 2.25. The van der Waals surface area contributed by atoms with Crippen LogP contribution < -0.4 is 4.74 Å². The number of para-hydroxylation sites is 1. The summed E-state index contributed by atoms with van der Waals surface area (Å²) in [6.45, 7) is 0.545. The molecule has 0 amide bonds. The molecule has 4 rings (SSSR count). The summed E-state index contributed by atoms with van der Waals surface area (Å²) in [6.07, 6.45) is 3.42. The summed E-state index contributed by atoms with van der Waals surface area (Å²) in [4.78, 5) is 0. The van der Waals surface area contributed by atoms with Crippen LogP contribution in [0.2, 0.25) is 0 Å². The molecule has 4 aromatic rings. The minimum atomic E-state index is 0.545. The lowest BCUT2D eigenvalue weighted by Crippen LogP contribution is -1.96. The van der Waals surface area contributed by atoms with Crippen molar-refractivity contribution < 1.29 is 9.94 Å². The number of hydrogen-bond donors (Lipinski definition) is 1. The largest absolute Gasteiger partial charge is 0.489 e. The molecule has 0 spiro atoms. The Bertz CT molecular complexity index is 1030. The molecule has 4 heteroatoms. The summed E-state index contributed by atoms with van der Waals surface area (Å²) in [7, 11) is 0. The molecule has 1 heterocycles. The average Bonchev–Trinajstić information content (AvgIpc) is 3.07. The van der Waals surface area contributed by atoms with Crippen LogP contribution in [0, 0.1) is 0 Å². The lowest BCUT2D eigenvalue weighted by atomic mass is 10.2. The topological polar surface area (TPSA) is 46.8 Å². The highest BCUT2D eigenvalue weighted by molar-refractivity contribution is 6.00. The normalized spacial score (nSPS) is 11.2. The molecular formula is C22H18N2O2. The Hall–Kier alpha value is -3.53. The van der Waals surface area contributed by atoms with E-state index in [-0.39, 0.29) is 0 Å². The molecule has 0 unspecified atom stereocenters. The molecule has 0 fully saturated rings. The van der Waals surface area contributed by atoms with Gasteiger partial charge in [0.05, 0.1) is 11.7 Å². The van der Waals surface area contributed by atoms with Gasteiger partial charge in [0, 0.05) is 22.8 Å². The fourth-order valence-corrected chi connectivity index (χ4v) is 3.03. The van der Waals surface area contributed by atoms with E-state index in [1.165, 1.54) is 6.21 Å². The predicted molar refractivity (Wildman–Crippen MR) is 103 cm³/mol. The number of benzene rings is 3. The van der Waals surface area contributed by atoms with Gasteiger partial charge in [-0.05, 0) is 35.9 Å². The minimum Gasteiger partial charge on any atom is -0.489 e. The zero-order valence-electron chi connectivity index (χ0n) is 14.1. The molecule has 1 aromatic heterocycles. The molecule has 3 aromatic carbocycles. The first kappa shape index (κ1) is 16.0. The molecule has 0 saturated heterocycles. The molecular weight excluding hydrogens is 324 g/mol. The molecule has 0 saturated carbocycles. The molecule has 0 aliphatic rings. The maximum atomic E-state index is 8.89. The molecule has 0 atom stereocenters. The van der Waals surface area contributed by atoms with Crippen molar-refractivity contribution in [2.24, 2.45) is 5.16 Å². The molecule has 0 radical (unpaired) electrons. The van der Waals surface area contributed by atoms with Gasteiger partial charge in [-0.25, -0.2) is 0 Å². The van der Waals surface area contributed by atoms with E-state index in [1.807, 2.05) is 85.1 Å². The molecule has 128 valence electrons. The van der Waals surface area contributed by atoms with Crippen molar-refractivity contribution in [3.63, 3.8) is 0 Å². The number of oxime groups is 1.